The maximum Gasteiger partial charge on any atom is 0.328 e. The number of carbonyl (C=O) groups excluding carboxylic acids is 1. The molecule has 0 saturated heterocycles. The van der Waals surface area contributed by atoms with Crippen molar-refractivity contribution in [2.75, 3.05) is 4.42 Å². The summed E-state index contributed by atoms with van der Waals surface area (Å²) in [6, 6.07) is 7.70. The molecule has 1 heterocycles. The van der Waals surface area contributed by atoms with Crippen LogP contribution in [0.2, 0.25) is 0 Å². The van der Waals surface area contributed by atoms with Gasteiger partial charge >= 0.3 is 6.03 Å². The predicted molar refractivity (Wildman–Crippen MR) is 97.4 cm³/mol. The van der Waals surface area contributed by atoms with Crippen LogP contribution in [0.1, 0.15) is 19.4 Å². The molecule has 9 heteroatoms. The molecule has 0 atom stereocenters. The van der Waals surface area contributed by atoms with Crippen molar-refractivity contribution >= 4 is 39.2 Å². The average molecular weight is 383 g/mol. The minimum atomic E-state index is -4.15. The number of nitrogens with zero attached hydrogens (tertiary/aromatic N) is 2. The molecule has 2 N–H and O–H groups in total. The Labute approximate surface area is 152 Å². The number of sulfonamides is 1. The van der Waals surface area contributed by atoms with Crippen molar-refractivity contribution in [3.63, 3.8) is 0 Å². The molecule has 1 aromatic heterocycles. The van der Waals surface area contributed by atoms with Crippen LogP contribution in [0.5, 0.6) is 0 Å². The number of aromatic nitrogens is 1. The predicted octanol–water partition coefficient (Wildman–Crippen LogP) is 3.08. The molecule has 0 fully saturated rings. The molecule has 0 unspecified atom stereocenters. The van der Waals surface area contributed by atoms with E-state index < -0.39 is 16.1 Å². The summed E-state index contributed by atoms with van der Waals surface area (Å²) < 4.78 is 28.3. The van der Waals surface area contributed by atoms with Gasteiger partial charge in [-0.2, -0.15) is 0 Å². The van der Waals surface area contributed by atoms with Crippen LogP contribution in [0.25, 0.3) is 0 Å². The lowest BCUT2D eigenvalue weighted by molar-refractivity contribution is 0.243. The fourth-order valence-corrected chi connectivity index (χ4v) is 3.45. The Balaban J connectivity index is 2.39. The van der Waals surface area contributed by atoms with E-state index in [9.17, 15) is 13.2 Å². The normalized spacial score (nSPS) is 11.2. The fraction of sp³-hybridized carbons (Fsp3) is 0.250. The van der Waals surface area contributed by atoms with Gasteiger partial charge in [-0.1, -0.05) is 12.1 Å². The van der Waals surface area contributed by atoms with E-state index >= 15 is 0 Å². The second-order valence-corrected chi connectivity index (χ2v) is 7.69. The molecule has 0 spiro atoms. The van der Waals surface area contributed by atoms with Gasteiger partial charge in [-0.3, -0.25) is 9.40 Å². The summed E-state index contributed by atoms with van der Waals surface area (Å²) in [5, 5.41) is 2.46. The van der Waals surface area contributed by atoms with E-state index in [1.165, 1.54) is 16.7 Å². The van der Waals surface area contributed by atoms with Gasteiger partial charge in [-0.05, 0) is 44.5 Å². The zero-order valence-electron chi connectivity index (χ0n) is 14.0. The summed E-state index contributed by atoms with van der Waals surface area (Å²) in [5.41, 5.74) is 1.75. The number of urea groups is 1. The second kappa shape index (κ2) is 7.71. The second-order valence-electron chi connectivity index (χ2n) is 5.70. The summed E-state index contributed by atoms with van der Waals surface area (Å²) in [7, 11) is -4.15. The molecule has 25 heavy (non-hydrogen) atoms. The number of amides is 2. The van der Waals surface area contributed by atoms with Crippen molar-refractivity contribution in [3.8, 4) is 0 Å². The van der Waals surface area contributed by atoms with E-state index in [4.69, 9.17) is 11.8 Å². The fourth-order valence-electron chi connectivity index (χ4n) is 2.10. The van der Waals surface area contributed by atoms with Gasteiger partial charge in [0.05, 0.1) is 11.4 Å². The molecule has 0 saturated carbocycles. The molecule has 0 aliphatic heterocycles. The van der Waals surface area contributed by atoms with Gasteiger partial charge in [0.2, 0.25) is 0 Å². The third kappa shape index (κ3) is 4.83. The van der Waals surface area contributed by atoms with Crippen molar-refractivity contribution in [1.29, 1.82) is 0 Å². The number of nitrogens with one attached hydrogen (secondary N) is 2. The van der Waals surface area contributed by atoms with Crippen molar-refractivity contribution in [2.45, 2.75) is 31.7 Å². The summed E-state index contributed by atoms with van der Waals surface area (Å²) >= 11 is 6.35. The number of benzene rings is 1. The smallest absolute Gasteiger partial charge is 0.328 e. The molecule has 1 aromatic carbocycles. The molecular formula is C16H19ClN4O3S. The van der Waals surface area contributed by atoms with Gasteiger partial charge in [0.15, 0.2) is 0 Å². The topological polar surface area (TPSA) is 91.4 Å². The molecule has 0 bridgehead atoms. The maximum absolute atomic E-state index is 12.6. The first-order valence-electron chi connectivity index (χ1n) is 7.50. The Morgan fingerprint density at radius 2 is 2.00 bits per heavy atom. The van der Waals surface area contributed by atoms with E-state index in [2.05, 4.69) is 10.3 Å². The number of rotatable bonds is 5. The highest BCUT2D eigenvalue weighted by Crippen LogP contribution is 2.32. The summed E-state index contributed by atoms with van der Waals surface area (Å²) in [6.45, 7) is 5.34. The van der Waals surface area contributed by atoms with Gasteiger partial charge in [-0.15, -0.1) is 0 Å². The number of carbonyl (C=O) groups is 1. The Morgan fingerprint density at radius 3 is 2.64 bits per heavy atom. The standard InChI is InChI=1S/C16H19ClN4O3S/c1-11(2)19-16(22)20-25(23,24)15-10-18-8-7-14(15)21(17)13-6-4-5-12(3)9-13/h4-11H,1-3H3,(H2,19,20,22). The van der Waals surface area contributed by atoms with Gasteiger partial charge in [-0.25, -0.2) is 17.9 Å². The Morgan fingerprint density at radius 1 is 1.28 bits per heavy atom. The largest absolute Gasteiger partial charge is 0.335 e. The van der Waals surface area contributed by atoms with Crippen molar-refractivity contribution in [3.05, 3.63) is 48.3 Å². The zero-order chi connectivity index (χ0) is 18.6. The minimum Gasteiger partial charge on any atom is -0.335 e. The molecule has 2 amide bonds. The molecule has 2 aromatic rings. The number of anilines is 2. The summed E-state index contributed by atoms with van der Waals surface area (Å²) in [4.78, 5) is 15.4. The van der Waals surface area contributed by atoms with E-state index in [1.54, 1.807) is 19.9 Å². The van der Waals surface area contributed by atoms with E-state index in [0.29, 0.717) is 5.69 Å². The van der Waals surface area contributed by atoms with Crippen LogP contribution in [0.15, 0.2) is 47.6 Å². The van der Waals surface area contributed by atoms with E-state index in [-0.39, 0.29) is 16.6 Å². The Hall–Kier alpha value is -2.32. The van der Waals surface area contributed by atoms with E-state index in [0.717, 1.165) is 11.8 Å². The average Bonchev–Trinajstić information content (AvgIpc) is 2.52. The Bertz CT molecular complexity index is 871. The van der Waals surface area contributed by atoms with Crippen LogP contribution < -0.4 is 14.5 Å². The quantitative estimate of drug-likeness (QED) is 0.775. The molecule has 134 valence electrons. The van der Waals surface area contributed by atoms with Crippen molar-refractivity contribution in [2.24, 2.45) is 0 Å². The van der Waals surface area contributed by atoms with Crippen LogP contribution in [0, 0.1) is 6.92 Å². The minimum absolute atomic E-state index is 0.187. The maximum atomic E-state index is 12.6. The van der Waals surface area contributed by atoms with Gasteiger partial charge in [0.25, 0.3) is 10.0 Å². The number of halogens is 1. The third-order valence-corrected chi connectivity index (χ3v) is 4.86. The zero-order valence-corrected chi connectivity index (χ0v) is 15.6. The highest BCUT2D eigenvalue weighted by molar-refractivity contribution is 7.90. The first-order valence-corrected chi connectivity index (χ1v) is 9.32. The molecular weight excluding hydrogens is 364 g/mol. The van der Waals surface area contributed by atoms with Crippen LogP contribution in [-0.2, 0) is 10.0 Å². The number of pyridine rings is 1. The first kappa shape index (κ1) is 19.0. The number of aryl methyl sites for hydroxylation is 1. The van der Waals surface area contributed by atoms with Crippen LogP contribution in [0.4, 0.5) is 16.2 Å². The summed E-state index contributed by atoms with van der Waals surface area (Å²) in [5.74, 6) is 0. The lowest BCUT2D eigenvalue weighted by atomic mass is 10.2. The molecule has 0 aliphatic carbocycles. The number of hydrogen-bond donors (Lipinski definition) is 2. The van der Waals surface area contributed by atoms with E-state index in [1.807, 2.05) is 29.8 Å². The van der Waals surface area contributed by atoms with Gasteiger partial charge in [0.1, 0.15) is 4.90 Å². The Kier molecular flexibility index (Phi) is 5.86. The molecule has 0 radical (unpaired) electrons. The third-order valence-electron chi connectivity index (χ3n) is 3.14. The highest BCUT2D eigenvalue weighted by atomic mass is 35.5. The first-order chi connectivity index (χ1) is 11.7. The van der Waals surface area contributed by atoms with Crippen molar-refractivity contribution in [1.82, 2.24) is 15.0 Å². The van der Waals surface area contributed by atoms with Gasteiger partial charge in [0, 0.05) is 30.2 Å². The molecule has 0 aliphatic rings. The molecule has 2 rings (SSSR count). The van der Waals surface area contributed by atoms with Gasteiger partial charge < -0.3 is 5.32 Å². The lowest BCUT2D eigenvalue weighted by Crippen LogP contribution is -2.42. The molecule has 7 nitrogen and oxygen atoms in total. The lowest BCUT2D eigenvalue weighted by Gasteiger charge is -2.20. The van der Waals surface area contributed by atoms with Crippen LogP contribution >= 0.6 is 11.8 Å². The SMILES string of the molecule is Cc1cccc(N(Cl)c2ccncc2S(=O)(=O)NC(=O)NC(C)C)c1. The van der Waals surface area contributed by atoms with Crippen molar-refractivity contribution < 1.29 is 13.2 Å². The van der Waals surface area contributed by atoms with Crippen LogP contribution in [0.3, 0.4) is 0 Å². The summed E-state index contributed by atoms with van der Waals surface area (Å²) in [6.07, 6.45) is 2.57. The van der Waals surface area contributed by atoms with Crippen LogP contribution in [-0.4, -0.2) is 25.5 Å². The highest BCUT2D eigenvalue weighted by Gasteiger charge is 2.25. The number of hydrogen-bond acceptors (Lipinski definition) is 5. The monoisotopic (exact) mass is 382 g/mol.